The van der Waals surface area contributed by atoms with Crippen LogP contribution >= 0.6 is 0 Å². The van der Waals surface area contributed by atoms with E-state index in [1.165, 1.54) is 10.9 Å². The third-order valence-electron chi connectivity index (χ3n) is 1.69. The Balaban J connectivity index is 2.75. The van der Waals surface area contributed by atoms with E-state index in [1.54, 1.807) is 14.0 Å². The SMILES string of the molecule is Cc1c(NC(=O)C(F)F)cnn1C. The summed E-state index contributed by atoms with van der Waals surface area (Å²) in [5, 5.41) is 5.84. The fourth-order valence-electron chi connectivity index (χ4n) is 0.809. The maximum atomic E-state index is 11.8. The number of nitrogens with zero attached hydrogens (tertiary/aromatic N) is 2. The van der Waals surface area contributed by atoms with E-state index in [0.717, 1.165) is 0 Å². The highest BCUT2D eigenvalue weighted by atomic mass is 19.3. The number of hydrogen-bond donors (Lipinski definition) is 1. The zero-order chi connectivity index (χ0) is 10.0. The molecule has 4 nitrogen and oxygen atoms in total. The molecular weight excluding hydrogens is 180 g/mol. The third kappa shape index (κ3) is 2.01. The highest BCUT2D eigenvalue weighted by molar-refractivity contribution is 5.93. The monoisotopic (exact) mass is 189 g/mol. The Kier molecular flexibility index (Phi) is 2.60. The molecule has 0 aliphatic carbocycles. The average Bonchev–Trinajstić information content (AvgIpc) is 2.36. The van der Waals surface area contributed by atoms with Gasteiger partial charge >= 0.3 is 6.43 Å². The van der Waals surface area contributed by atoms with Gasteiger partial charge in [0.15, 0.2) is 0 Å². The normalized spacial score (nSPS) is 10.5. The molecule has 0 aliphatic heterocycles. The maximum Gasteiger partial charge on any atom is 0.315 e. The van der Waals surface area contributed by atoms with Crippen LogP contribution < -0.4 is 5.32 Å². The zero-order valence-corrected chi connectivity index (χ0v) is 7.21. The minimum atomic E-state index is -3.00. The van der Waals surface area contributed by atoms with Crippen molar-refractivity contribution in [3.8, 4) is 0 Å². The summed E-state index contributed by atoms with van der Waals surface area (Å²) in [6.07, 6.45) is -1.67. The fraction of sp³-hybridized carbons (Fsp3) is 0.429. The van der Waals surface area contributed by atoms with Gasteiger partial charge < -0.3 is 5.32 Å². The molecular formula is C7H9F2N3O. The van der Waals surface area contributed by atoms with Crippen molar-refractivity contribution < 1.29 is 13.6 Å². The van der Waals surface area contributed by atoms with Gasteiger partial charge in [-0.15, -0.1) is 0 Å². The van der Waals surface area contributed by atoms with Gasteiger partial charge in [0.1, 0.15) is 0 Å². The van der Waals surface area contributed by atoms with E-state index in [1.807, 2.05) is 0 Å². The number of rotatable bonds is 2. The molecule has 1 aromatic rings. The smallest absolute Gasteiger partial charge is 0.315 e. The molecule has 1 rings (SSSR count). The van der Waals surface area contributed by atoms with E-state index in [4.69, 9.17) is 0 Å². The molecule has 6 heteroatoms. The van der Waals surface area contributed by atoms with Crippen LogP contribution in [0.5, 0.6) is 0 Å². The Morgan fingerprint density at radius 1 is 1.69 bits per heavy atom. The first kappa shape index (κ1) is 9.63. The molecule has 72 valence electrons. The summed E-state index contributed by atoms with van der Waals surface area (Å²) < 4.78 is 25.1. The number of aryl methyl sites for hydroxylation is 1. The number of halogens is 2. The minimum Gasteiger partial charge on any atom is -0.318 e. The van der Waals surface area contributed by atoms with Gasteiger partial charge in [0, 0.05) is 7.05 Å². The van der Waals surface area contributed by atoms with Gasteiger partial charge in [-0.2, -0.15) is 13.9 Å². The first-order chi connectivity index (χ1) is 6.02. The van der Waals surface area contributed by atoms with Gasteiger partial charge in [-0.1, -0.05) is 0 Å². The molecule has 0 saturated carbocycles. The van der Waals surface area contributed by atoms with Crippen molar-refractivity contribution in [3.63, 3.8) is 0 Å². The molecule has 0 fully saturated rings. The molecule has 13 heavy (non-hydrogen) atoms. The number of carbonyl (C=O) groups excluding carboxylic acids is 1. The van der Waals surface area contributed by atoms with E-state index in [-0.39, 0.29) is 0 Å². The Labute approximate surface area is 73.5 Å². The topological polar surface area (TPSA) is 46.9 Å². The number of nitrogens with one attached hydrogen (secondary N) is 1. The Morgan fingerprint density at radius 2 is 2.31 bits per heavy atom. The second-order valence-corrected chi connectivity index (χ2v) is 2.56. The van der Waals surface area contributed by atoms with Crippen molar-refractivity contribution in [2.24, 2.45) is 7.05 Å². The van der Waals surface area contributed by atoms with E-state index < -0.39 is 12.3 Å². The van der Waals surface area contributed by atoms with E-state index >= 15 is 0 Å². The minimum absolute atomic E-state index is 0.313. The standard InChI is InChI=1S/C7H9F2N3O/c1-4-5(3-10-12(4)2)11-7(13)6(8)9/h3,6H,1-2H3,(H,11,13). The third-order valence-corrected chi connectivity index (χ3v) is 1.69. The highest BCUT2D eigenvalue weighted by Gasteiger charge is 2.16. The highest BCUT2D eigenvalue weighted by Crippen LogP contribution is 2.12. The number of aromatic nitrogens is 2. The molecule has 1 aromatic heterocycles. The van der Waals surface area contributed by atoms with Crippen LogP contribution in [0.15, 0.2) is 6.20 Å². The van der Waals surface area contributed by atoms with E-state index in [2.05, 4.69) is 10.4 Å². The fourth-order valence-corrected chi connectivity index (χ4v) is 0.809. The van der Waals surface area contributed by atoms with E-state index in [9.17, 15) is 13.6 Å². The van der Waals surface area contributed by atoms with Crippen LogP contribution in [0.1, 0.15) is 5.69 Å². The van der Waals surface area contributed by atoms with Crippen LogP contribution in [0, 0.1) is 6.92 Å². The van der Waals surface area contributed by atoms with Gasteiger partial charge in [-0.25, -0.2) is 0 Å². The Hall–Kier alpha value is -1.46. The number of hydrogen-bond acceptors (Lipinski definition) is 2. The molecule has 0 atom stereocenters. The maximum absolute atomic E-state index is 11.8. The average molecular weight is 189 g/mol. The lowest BCUT2D eigenvalue weighted by atomic mass is 10.4. The largest absolute Gasteiger partial charge is 0.318 e. The van der Waals surface area contributed by atoms with E-state index in [0.29, 0.717) is 11.4 Å². The lowest BCUT2D eigenvalue weighted by Gasteiger charge is -2.02. The lowest BCUT2D eigenvalue weighted by molar-refractivity contribution is -0.126. The first-order valence-electron chi connectivity index (χ1n) is 3.60. The van der Waals surface area contributed by atoms with Gasteiger partial charge in [0.2, 0.25) is 0 Å². The van der Waals surface area contributed by atoms with Crippen molar-refractivity contribution in [3.05, 3.63) is 11.9 Å². The number of anilines is 1. The molecule has 1 N–H and O–H groups in total. The van der Waals surface area contributed by atoms with Crippen molar-refractivity contribution in [2.75, 3.05) is 5.32 Å². The van der Waals surface area contributed by atoms with Crippen molar-refractivity contribution in [2.45, 2.75) is 13.3 Å². The molecule has 0 unspecified atom stereocenters. The zero-order valence-electron chi connectivity index (χ0n) is 7.21. The number of carbonyl (C=O) groups is 1. The predicted molar refractivity (Wildman–Crippen MR) is 42.6 cm³/mol. The molecule has 0 bridgehead atoms. The molecule has 1 amide bonds. The molecule has 0 spiro atoms. The van der Waals surface area contributed by atoms with Crippen LogP contribution in [0.2, 0.25) is 0 Å². The summed E-state index contributed by atoms with van der Waals surface area (Å²) in [6, 6.07) is 0. The summed E-state index contributed by atoms with van der Waals surface area (Å²) >= 11 is 0. The van der Waals surface area contributed by atoms with Crippen molar-refractivity contribution in [1.29, 1.82) is 0 Å². The number of amides is 1. The van der Waals surface area contributed by atoms with Gasteiger partial charge in [-0.05, 0) is 6.92 Å². The number of alkyl halides is 2. The lowest BCUT2D eigenvalue weighted by Crippen LogP contribution is -2.20. The van der Waals surface area contributed by atoms with Gasteiger partial charge in [0.25, 0.3) is 5.91 Å². The van der Waals surface area contributed by atoms with Gasteiger partial charge in [-0.3, -0.25) is 9.48 Å². The molecule has 0 aliphatic rings. The second kappa shape index (κ2) is 3.51. The van der Waals surface area contributed by atoms with Gasteiger partial charge in [0.05, 0.1) is 17.6 Å². The first-order valence-corrected chi connectivity index (χ1v) is 3.60. The predicted octanol–water partition coefficient (Wildman–Crippen LogP) is 0.932. The summed E-state index contributed by atoms with van der Waals surface area (Å²) in [5.41, 5.74) is 0.946. The van der Waals surface area contributed by atoms with Crippen LogP contribution in [0.25, 0.3) is 0 Å². The second-order valence-electron chi connectivity index (χ2n) is 2.56. The summed E-state index contributed by atoms with van der Waals surface area (Å²) in [7, 11) is 1.66. The van der Waals surface area contributed by atoms with Crippen molar-refractivity contribution >= 4 is 11.6 Å². The van der Waals surface area contributed by atoms with Crippen molar-refractivity contribution in [1.82, 2.24) is 9.78 Å². The summed E-state index contributed by atoms with van der Waals surface area (Å²) in [6.45, 7) is 1.67. The molecule has 1 heterocycles. The Bertz CT molecular complexity index is 322. The Morgan fingerprint density at radius 3 is 2.69 bits per heavy atom. The summed E-state index contributed by atoms with van der Waals surface area (Å²) in [5.74, 6) is -1.31. The molecule has 0 radical (unpaired) electrons. The quantitative estimate of drug-likeness (QED) is 0.752. The van der Waals surface area contributed by atoms with Crippen LogP contribution in [-0.2, 0) is 11.8 Å². The van der Waals surface area contributed by atoms with Crippen LogP contribution in [0.4, 0.5) is 14.5 Å². The van der Waals surface area contributed by atoms with Crippen LogP contribution in [0.3, 0.4) is 0 Å². The molecule has 0 aromatic carbocycles. The summed E-state index contributed by atoms with van der Waals surface area (Å²) in [4.78, 5) is 10.6. The molecule has 0 saturated heterocycles. The van der Waals surface area contributed by atoms with Crippen LogP contribution in [-0.4, -0.2) is 22.1 Å².